The van der Waals surface area contributed by atoms with Crippen molar-refractivity contribution in [3.05, 3.63) is 0 Å². The van der Waals surface area contributed by atoms with Crippen LogP contribution in [0.1, 0.15) is 52.9 Å². The van der Waals surface area contributed by atoms with E-state index in [1.807, 2.05) is 6.92 Å². The van der Waals surface area contributed by atoms with Gasteiger partial charge in [0.25, 0.3) is 0 Å². The second-order valence-corrected chi connectivity index (χ2v) is 4.93. The standard InChI is InChI=1S/C15H30N2O3/c1-4-7-9-13(5-2)12-17-15(19)14(18)16-10-8-11-20-6-3/h13H,4-12H2,1-3H3,(H,16,18)(H,17,19)/t13-/m1/s1. The molecule has 1 atom stereocenters. The Hall–Kier alpha value is -1.10. The van der Waals surface area contributed by atoms with Crippen molar-refractivity contribution in [2.24, 2.45) is 5.92 Å². The number of nitrogens with one attached hydrogen (secondary N) is 2. The van der Waals surface area contributed by atoms with E-state index in [1.165, 1.54) is 0 Å². The van der Waals surface area contributed by atoms with Crippen molar-refractivity contribution in [1.29, 1.82) is 0 Å². The fourth-order valence-corrected chi connectivity index (χ4v) is 1.86. The Labute approximate surface area is 122 Å². The molecule has 2 N–H and O–H groups in total. The smallest absolute Gasteiger partial charge is 0.309 e. The van der Waals surface area contributed by atoms with Gasteiger partial charge in [0.2, 0.25) is 0 Å². The van der Waals surface area contributed by atoms with Crippen LogP contribution in [0.2, 0.25) is 0 Å². The van der Waals surface area contributed by atoms with Gasteiger partial charge in [0.15, 0.2) is 0 Å². The van der Waals surface area contributed by atoms with Crippen LogP contribution in [-0.4, -0.2) is 38.1 Å². The Bertz CT molecular complexity index is 270. The molecule has 0 aromatic heterocycles. The summed E-state index contributed by atoms with van der Waals surface area (Å²) >= 11 is 0. The number of hydrogen-bond acceptors (Lipinski definition) is 3. The third kappa shape index (κ3) is 9.78. The van der Waals surface area contributed by atoms with Gasteiger partial charge in [-0.2, -0.15) is 0 Å². The molecule has 0 heterocycles. The Morgan fingerprint density at radius 3 is 2.35 bits per heavy atom. The van der Waals surface area contributed by atoms with Crippen molar-refractivity contribution in [2.75, 3.05) is 26.3 Å². The highest BCUT2D eigenvalue weighted by molar-refractivity contribution is 6.35. The molecule has 5 heteroatoms. The van der Waals surface area contributed by atoms with Gasteiger partial charge in [-0.1, -0.05) is 33.1 Å². The lowest BCUT2D eigenvalue weighted by atomic mass is 9.99. The van der Waals surface area contributed by atoms with E-state index >= 15 is 0 Å². The second kappa shape index (κ2) is 12.9. The van der Waals surface area contributed by atoms with Crippen LogP contribution in [0.5, 0.6) is 0 Å². The van der Waals surface area contributed by atoms with E-state index in [2.05, 4.69) is 24.5 Å². The molecule has 0 aliphatic carbocycles. The summed E-state index contributed by atoms with van der Waals surface area (Å²) in [5.41, 5.74) is 0. The van der Waals surface area contributed by atoms with Gasteiger partial charge in [0.1, 0.15) is 0 Å². The van der Waals surface area contributed by atoms with E-state index in [9.17, 15) is 9.59 Å². The molecule has 0 aromatic rings. The summed E-state index contributed by atoms with van der Waals surface area (Å²) in [6, 6.07) is 0. The molecule has 5 nitrogen and oxygen atoms in total. The van der Waals surface area contributed by atoms with Crippen LogP contribution in [0.3, 0.4) is 0 Å². The summed E-state index contributed by atoms with van der Waals surface area (Å²) in [6.45, 7) is 8.52. The number of carbonyl (C=O) groups excluding carboxylic acids is 2. The topological polar surface area (TPSA) is 67.4 Å². The second-order valence-electron chi connectivity index (χ2n) is 4.93. The third-order valence-corrected chi connectivity index (χ3v) is 3.26. The van der Waals surface area contributed by atoms with Gasteiger partial charge in [-0.05, 0) is 25.7 Å². The predicted molar refractivity (Wildman–Crippen MR) is 80.4 cm³/mol. The van der Waals surface area contributed by atoms with Crippen molar-refractivity contribution in [1.82, 2.24) is 10.6 Å². The van der Waals surface area contributed by atoms with Crippen LogP contribution in [0, 0.1) is 5.92 Å². The molecule has 0 bridgehead atoms. The summed E-state index contributed by atoms with van der Waals surface area (Å²) < 4.78 is 5.15. The average molecular weight is 286 g/mol. The normalized spacial score (nSPS) is 11.9. The summed E-state index contributed by atoms with van der Waals surface area (Å²) in [4.78, 5) is 23.1. The van der Waals surface area contributed by atoms with Crippen LogP contribution in [-0.2, 0) is 14.3 Å². The lowest BCUT2D eigenvalue weighted by Crippen LogP contribution is -2.42. The van der Waals surface area contributed by atoms with E-state index in [4.69, 9.17) is 4.74 Å². The fraction of sp³-hybridized carbons (Fsp3) is 0.867. The van der Waals surface area contributed by atoms with E-state index in [-0.39, 0.29) is 0 Å². The van der Waals surface area contributed by atoms with Crippen LogP contribution in [0.4, 0.5) is 0 Å². The van der Waals surface area contributed by atoms with Gasteiger partial charge in [-0.15, -0.1) is 0 Å². The number of carbonyl (C=O) groups is 2. The molecule has 0 fully saturated rings. The summed E-state index contributed by atoms with van der Waals surface area (Å²) in [7, 11) is 0. The zero-order valence-electron chi connectivity index (χ0n) is 13.2. The largest absolute Gasteiger partial charge is 0.382 e. The minimum atomic E-state index is -0.549. The number of rotatable bonds is 11. The lowest BCUT2D eigenvalue weighted by molar-refractivity contribution is -0.139. The Morgan fingerprint density at radius 2 is 1.75 bits per heavy atom. The molecule has 0 aliphatic heterocycles. The van der Waals surface area contributed by atoms with E-state index in [1.54, 1.807) is 0 Å². The maximum Gasteiger partial charge on any atom is 0.309 e. The molecule has 0 unspecified atom stereocenters. The first kappa shape index (κ1) is 18.9. The highest BCUT2D eigenvalue weighted by Gasteiger charge is 2.14. The number of ether oxygens (including phenoxy) is 1. The number of amides is 2. The minimum absolute atomic E-state index is 0.463. The van der Waals surface area contributed by atoms with Gasteiger partial charge in [-0.25, -0.2) is 0 Å². The van der Waals surface area contributed by atoms with Crippen molar-refractivity contribution in [3.8, 4) is 0 Å². The van der Waals surface area contributed by atoms with E-state index in [0.717, 1.165) is 32.1 Å². The molecule has 118 valence electrons. The molecule has 0 saturated carbocycles. The van der Waals surface area contributed by atoms with Crippen molar-refractivity contribution >= 4 is 11.8 Å². The van der Waals surface area contributed by atoms with Gasteiger partial charge in [0.05, 0.1) is 0 Å². The van der Waals surface area contributed by atoms with Crippen LogP contribution >= 0.6 is 0 Å². The predicted octanol–water partition coefficient (Wildman–Crippen LogP) is 1.86. The Kier molecular flexibility index (Phi) is 12.2. The van der Waals surface area contributed by atoms with Crippen LogP contribution in [0.15, 0.2) is 0 Å². The molecule has 20 heavy (non-hydrogen) atoms. The first-order chi connectivity index (χ1) is 9.65. The molecular weight excluding hydrogens is 256 g/mol. The van der Waals surface area contributed by atoms with Crippen molar-refractivity contribution in [3.63, 3.8) is 0 Å². The number of hydrogen-bond donors (Lipinski definition) is 2. The molecule has 0 aliphatic rings. The lowest BCUT2D eigenvalue weighted by Gasteiger charge is -2.15. The first-order valence-electron chi connectivity index (χ1n) is 7.79. The van der Waals surface area contributed by atoms with Crippen LogP contribution in [0.25, 0.3) is 0 Å². The highest BCUT2D eigenvalue weighted by atomic mass is 16.5. The molecular formula is C15H30N2O3. The van der Waals surface area contributed by atoms with Gasteiger partial charge < -0.3 is 15.4 Å². The minimum Gasteiger partial charge on any atom is -0.382 e. The summed E-state index contributed by atoms with van der Waals surface area (Å²) in [5.74, 6) is -0.618. The third-order valence-electron chi connectivity index (χ3n) is 3.26. The maximum absolute atomic E-state index is 11.6. The van der Waals surface area contributed by atoms with Crippen molar-refractivity contribution < 1.29 is 14.3 Å². The molecule has 0 saturated heterocycles. The van der Waals surface area contributed by atoms with Gasteiger partial charge in [-0.3, -0.25) is 9.59 Å². The van der Waals surface area contributed by atoms with Crippen molar-refractivity contribution in [2.45, 2.75) is 52.9 Å². The van der Waals surface area contributed by atoms with Gasteiger partial charge in [0, 0.05) is 26.3 Å². The average Bonchev–Trinajstić information content (AvgIpc) is 2.46. The maximum atomic E-state index is 11.6. The molecule has 0 aromatic carbocycles. The monoisotopic (exact) mass is 286 g/mol. The van der Waals surface area contributed by atoms with Crippen LogP contribution < -0.4 is 10.6 Å². The molecule has 0 radical (unpaired) electrons. The Balaban J connectivity index is 3.75. The quantitative estimate of drug-likeness (QED) is 0.450. The number of unbranched alkanes of at least 4 members (excludes halogenated alkanes) is 1. The van der Waals surface area contributed by atoms with E-state index < -0.39 is 11.8 Å². The fourth-order valence-electron chi connectivity index (χ4n) is 1.86. The zero-order valence-corrected chi connectivity index (χ0v) is 13.2. The first-order valence-corrected chi connectivity index (χ1v) is 7.79. The summed E-state index contributed by atoms with van der Waals surface area (Å²) in [6.07, 6.45) is 5.17. The Morgan fingerprint density at radius 1 is 1.05 bits per heavy atom. The summed E-state index contributed by atoms with van der Waals surface area (Å²) in [5, 5.41) is 5.31. The molecule has 0 spiro atoms. The molecule has 2 amide bonds. The molecule has 0 rings (SSSR count). The van der Waals surface area contributed by atoms with Gasteiger partial charge >= 0.3 is 11.8 Å². The zero-order chi connectivity index (χ0) is 15.2. The highest BCUT2D eigenvalue weighted by Crippen LogP contribution is 2.10. The van der Waals surface area contributed by atoms with E-state index in [0.29, 0.717) is 32.2 Å². The SMILES string of the molecule is CCCC[C@@H](CC)CNC(=O)C(=O)NCCCOCC.